The fourth-order valence-corrected chi connectivity index (χ4v) is 3.48. The number of thioether (sulfide) groups is 1. The van der Waals surface area contributed by atoms with Crippen LogP contribution < -0.4 is 11.1 Å². The van der Waals surface area contributed by atoms with Gasteiger partial charge in [0.15, 0.2) is 5.16 Å². The van der Waals surface area contributed by atoms with Crippen molar-refractivity contribution in [3.63, 3.8) is 0 Å². The number of carbonyl (C=O) groups excluding carboxylic acids is 2. The van der Waals surface area contributed by atoms with Crippen molar-refractivity contribution in [1.29, 1.82) is 0 Å². The summed E-state index contributed by atoms with van der Waals surface area (Å²) in [6.45, 7) is 11.1. The maximum Gasteiger partial charge on any atom is 0.248 e. The molecule has 1 heterocycles. The Balaban J connectivity index is 2.07. The molecule has 0 bridgehead atoms. The van der Waals surface area contributed by atoms with Crippen LogP contribution in [0, 0.1) is 19.8 Å². The number of anilines is 1. The number of aromatic nitrogens is 2. The van der Waals surface area contributed by atoms with E-state index in [1.807, 2.05) is 13.8 Å². The average Bonchev–Trinajstić information content (AvgIpc) is 2.82. The normalized spacial score (nSPS) is 12.2. The van der Waals surface area contributed by atoms with E-state index in [4.69, 9.17) is 5.73 Å². The molecule has 1 atom stereocenters. The summed E-state index contributed by atoms with van der Waals surface area (Å²) in [5.41, 5.74) is 8.39. The summed E-state index contributed by atoms with van der Waals surface area (Å²) in [5.74, 6) is -0.111. The molecule has 2 rings (SSSR count). The summed E-state index contributed by atoms with van der Waals surface area (Å²) in [4.78, 5) is 28.2. The molecule has 0 aliphatic rings. The molecule has 3 N–H and O–H groups in total. The van der Waals surface area contributed by atoms with Crippen LogP contribution in [-0.4, -0.2) is 26.6 Å². The zero-order chi connectivity index (χ0) is 19.4. The molecule has 6 nitrogen and oxygen atoms in total. The van der Waals surface area contributed by atoms with Crippen molar-refractivity contribution in [3.8, 4) is 0 Å². The molecule has 1 aromatic heterocycles. The summed E-state index contributed by atoms with van der Waals surface area (Å²) in [6.07, 6.45) is 0. The molecule has 140 valence electrons. The second-order valence-corrected chi connectivity index (χ2v) is 8.07. The predicted molar refractivity (Wildman–Crippen MR) is 105 cm³/mol. The SMILES string of the molecule is Cc1nc(S[C@H](C)C(=O)Nc2ccc(C(N)=O)cc2)n(CC(C)C)c1C. The van der Waals surface area contributed by atoms with E-state index in [0.29, 0.717) is 17.2 Å². The highest BCUT2D eigenvalue weighted by atomic mass is 32.2. The lowest BCUT2D eigenvalue weighted by molar-refractivity contribution is -0.115. The number of nitrogens with two attached hydrogens (primary N) is 1. The standard InChI is InChI=1S/C19H26N4O2S/c1-11(2)10-23-13(4)12(3)21-19(23)26-14(5)18(25)22-16-8-6-15(7-9-16)17(20)24/h6-9,11,14H,10H2,1-5H3,(H2,20,24)(H,22,25)/t14-/m1/s1. The second-order valence-electron chi connectivity index (χ2n) is 6.76. The predicted octanol–water partition coefficient (Wildman–Crippen LogP) is 3.37. The van der Waals surface area contributed by atoms with Crippen LogP contribution in [-0.2, 0) is 11.3 Å². The van der Waals surface area contributed by atoms with E-state index < -0.39 is 5.91 Å². The number of nitrogens with one attached hydrogen (secondary N) is 1. The van der Waals surface area contributed by atoms with Crippen LogP contribution in [0.5, 0.6) is 0 Å². The smallest absolute Gasteiger partial charge is 0.248 e. The zero-order valence-corrected chi connectivity index (χ0v) is 16.7. The Kier molecular flexibility index (Phi) is 6.47. The lowest BCUT2D eigenvalue weighted by atomic mass is 10.2. The third-order valence-corrected chi connectivity index (χ3v) is 5.15. The van der Waals surface area contributed by atoms with Gasteiger partial charge in [0.25, 0.3) is 0 Å². The Bertz CT molecular complexity index is 797. The lowest BCUT2D eigenvalue weighted by Crippen LogP contribution is -2.23. The molecule has 0 saturated carbocycles. The van der Waals surface area contributed by atoms with Crippen molar-refractivity contribution in [1.82, 2.24) is 9.55 Å². The van der Waals surface area contributed by atoms with Gasteiger partial charge >= 0.3 is 0 Å². The first kappa shape index (κ1) is 20.0. The number of carbonyl (C=O) groups is 2. The molecule has 0 saturated heterocycles. The third-order valence-electron chi connectivity index (χ3n) is 4.06. The summed E-state index contributed by atoms with van der Waals surface area (Å²) >= 11 is 1.45. The minimum atomic E-state index is -0.491. The van der Waals surface area contributed by atoms with E-state index >= 15 is 0 Å². The molecule has 0 fully saturated rings. The molecule has 26 heavy (non-hydrogen) atoms. The van der Waals surface area contributed by atoms with Crippen LogP contribution in [0.2, 0.25) is 0 Å². The molecular weight excluding hydrogens is 348 g/mol. The highest BCUT2D eigenvalue weighted by molar-refractivity contribution is 8.00. The first-order valence-corrected chi connectivity index (χ1v) is 9.48. The molecule has 0 aliphatic carbocycles. The third kappa shape index (κ3) is 4.88. The number of nitrogens with zero attached hydrogens (tertiary/aromatic N) is 2. The Labute approximate surface area is 158 Å². The van der Waals surface area contributed by atoms with Crippen molar-refractivity contribution in [3.05, 3.63) is 41.2 Å². The van der Waals surface area contributed by atoms with Gasteiger partial charge in [-0.25, -0.2) is 4.98 Å². The summed E-state index contributed by atoms with van der Waals surface area (Å²) < 4.78 is 2.18. The van der Waals surface area contributed by atoms with Crippen molar-refractivity contribution in [2.45, 2.75) is 51.6 Å². The van der Waals surface area contributed by atoms with Gasteiger partial charge < -0.3 is 15.6 Å². The monoisotopic (exact) mass is 374 g/mol. The van der Waals surface area contributed by atoms with Gasteiger partial charge in [0.2, 0.25) is 11.8 Å². The molecule has 0 spiro atoms. The van der Waals surface area contributed by atoms with Gasteiger partial charge in [0, 0.05) is 23.5 Å². The topological polar surface area (TPSA) is 90.0 Å². The largest absolute Gasteiger partial charge is 0.366 e. The zero-order valence-electron chi connectivity index (χ0n) is 15.9. The molecule has 0 aliphatic heterocycles. The molecule has 2 amide bonds. The van der Waals surface area contributed by atoms with Crippen LogP contribution in [0.1, 0.15) is 42.5 Å². The van der Waals surface area contributed by atoms with E-state index in [0.717, 1.165) is 23.1 Å². The minimum Gasteiger partial charge on any atom is -0.366 e. The number of aryl methyl sites for hydroxylation is 1. The van der Waals surface area contributed by atoms with Gasteiger partial charge in [0.05, 0.1) is 10.9 Å². The molecule has 1 aromatic carbocycles. The molecule has 7 heteroatoms. The molecule has 0 radical (unpaired) electrons. The number of hydrogen-bond acceptors (Lipinski definition) is 4. The Hall–Kier alpha value is -2.28. The van der Waals surface area contributed by atoms with Crippen molar-refractivity contribution in [2.24, 2.45) is 11.7 Å². The number of primary amides is 1. The maximum absolute atomic E-state index is 12.5. The van der Waals surface area contributed by atoms with Crippen molar-refractivity contribution >= 4 is 29.3 Å². The maximum atomic E-state index is 12.5. The highest BCUT2D eigenvalue weighted by Crippen LogP contribution is 2.27. The summed E-state index contributed by atoms with van der Waals surface area (Å²) in [6, 6.07) is 6.53. The summed E-state index contributed by atoms with van der Waals surface area (Å²) in [7, 11) is 0. The van der Waals surface area contributed by atoms with Gasteiger partial charge in [-0.05, 0) is 51.0 Å². The van der Waals surface area contributed by atoms with Gasteiger partial charge in [0.1, 0.15) is 0 Å². The number of imidazole rings is 1. The van der Waals surface area contributed by atoms with E-state index in [9.17, 15) is 9.59 Å². The van der Waals surface area contributed by atoms with Gasteiger partial charge in [-0.2, -0.15) is 0 Å². The number of amides is 2. The lowest BCUT2D eigenvalue weighted by Gasteiger charge is -2.15. The first-order chi connectivity index (χ1) is 12.2. The quantitative estimate of drug-likeness (QED) is 0.727. The Morgan fingerprint density at radius 3 is 2.35 bits per heavy atom. The number of rotatable bonds is 7. The second kappa shape index (κ2) is 8.40. The van der Waals surface area contributed by atoms with Crippen LogP contribution in [0.25, 0.3) is 0 Å². The molecule has 2 aromatic rings. The number of benzene rings is 1. The van der Waals surface area contributed by atoms with Crippen molar-refractivity contribution in [2.75, 3.05) is 5.32 Å². The number of hydrogen-bond donors (Lipinski definition) is 2. The van der Waals surface area contributed by atoms with E-state index in [2.05, 4.69) is 35.6 Å². The first-order valence-electron chi connectivity index (χ1n) is 8.60. The fraction of sp³-hybridized carbons (Fsp3) is 0.421. The Morgan fingerprint density at radius 1 is 1.19 bits per heavy atom. The average molecular weight is 375 g/mol. The molecular formula is C19H26N4O2S. The van der Waals surface area contributed by atoms with Crippen LogP contribution >= 0.6 is 11.8 Å². The minimum absolute atomic E-state index is 0.115. The van der Waals surface area contributed by atoms with Crippen LogP contribution in [0.4, 0.5) is 5.69 Å². The fourth-order valence-electron chi connectivity index (χ4n) is 2.47. The van der Waals surface area contributed by atoms with E-state index in [1.54, 1.807) is 24.3 Å². The van der Waals surface area contributed by atoms with Gasteiger partial charge in [-0.3, -0.25) is 9.59 Å². The van der Waals surface area contributed by atoms with E-state index in [-0.39, 0.29) is 11.2 Å². The Morgan fingerprint density at radius 2 is 1.81 bits per heavy atom. The van der Waals surface area contributed by atoms with Crippen molar-refractivity contribution < 1.29 is 9.59 Å². The van der Waals surface area contributed by atoms with Gasteiger partial charge in [-0.1, -0.05) is 25.6 Å². The van der Waals surface area contributed by atoms with E-state index in [1.165, 1.54) is 11.8 Å². The highest BCUT2D eigenvalue weighted by Gasteiger charge is 2.20. The summed E-state index contributed by atoms with van der Waals surface area (Å²) in [5, 5.41) is 3.41. The molecule has 0 unspecified atom stereocenters. The van der Waals surface area contributed by atoms with Gasteiger partial charge in [-0.15, -0.1) is 0 Å². The van der Waals surface area contributed by atoms with Crippen LogP contribution in [0.15, 0.2) is 29.4 Å². The van der Waals surface area contributed by atoms with Crippen LogP contribution in [0.3, 0.4) is 0 Å².